The smallest absolute Gasteiger partial charge is 0.270 e. The number of aliphatic hydroxyl groups is 1. The molecule has 5 nitrogen and oxygen atoms in total. The van der Waals surface area contributed by atoms with Gasteiger partial charge >= 0.3 is 0 Å². The standard InChI is InChI=1S/C12H14F2N2O.C10H17NO/c1-3-15-8-11(17)16-10-6-4-5-9(7-10)12(2,13)14;12-6-7-1-10(2-7)11-4-8-3-9(8)5-11/h3-7,15H,1,8H2,2H3,(H,16,17);7-10,12H,1-6H2. The number of hydrogen-bond acceptors (Lipinski definition) is 4. The van der Waals surface area contributed by atoms with Gasteiger partial charge in [-0.15, -0.1) is 0 Å². The molecule has 7 heteroatoms. The first kappa shape index (κ1) is 21.7. The van der Waals surface area contributed by atoms with Crippen LogP contribution in [0.5, 0.6) is 0 Å². The van der Waals surface area contributed by atoms with E-state index in [9.17, 15) is 13.6 Å². The maximum atomic E-state index is 13.0. The molecule has 4 rings (SSSR count). The molecule has 2 unspecified atom stereocenters. The molecule has 0 spiro atoms. The summed E-state index contributed by atoms with van der Waals surface area (Å²) in [5.41, 5.74) is 0.215. The van der Waals surface area contributed by atoms with Crippen LogP contribution in [0.3, 0.4) is 0 Å². The van der Waals surface area contributed by atoms with Gasteiger partial charge in [0.2, 0.25) is 5.91 Å². The molecule has 1 aliphatic heterocycles. The lowest BCUT2D eigenvalue weighted by atomic mass is 9.80. The second kappa shape index (κ2) is 9.22. The summed E-state index contributed by atoms with van der Waals surface area (Å²) < 4.78 is 26.1. The van der Waals surface area contributed by atoms with E-state index in [-0.39, 0.29) is 18.0 Å². The first-order valence-electron chi connectivity index (χ1n) is 10.3. The molecule has 2 saturated carbocycles. The molecule has 1 aromatic rings. The van der Waals surface area contributed by atoms with Gasteiger partial charge in [-0.1, -0.05) is 18.7 Å². The van der Waals surface area contributed by atoms with Crippen molar-refractivity contribution in [3.05, 3.63) is 42.6 Å². The number of hydrogen-bond donors (Lipinski definition) is 3. The minimum Gasteiger partial charge on any atom is -0.396 e. The molecule has 160 valence electrons. The van der Waals surface area contributed by atoms with E-state index in [4.69, 9.17) is 5.11 Å². The van der Waals surface area contributed by atoms with Gasteiger partial charge in [0.05, 0.1) is 6.54 Å². The number of fused-ring (bicyclic) bond motifs is 1. The zero-order valence-corrected chi connectivity index (χ0v) is 16.9. The molecular formula is C22H31F2N3O2. The molecule has 2 atom stereocenters. The third kappa shape index (κ3) is 6.00. The molecule has 2 aliphatic carbocycles. The average molecular weight is 408 g/mol. The number of amides is 1. The molecule has 3 N–H and O–H groups in total. The van der Waals surface area contributed by atoms with Crippen LogP contribution in [0.1, 0.15) is 31.7 Å². The summed E-state index contributed by atoms with van der Waals surface area (Å²) in [6.07, 6.45) is 5.41. The zero-order valence-electron chi connectivity index (χ0n) is 16.9. The van der Waals surface area contributed by atoms with Crippen LogP contribution in [0.2, 0.25) is 0 Å². The predicted molar refractivity (Wildman–Crippen MR) is 110 cm³/mol. The van der Waals surface area contributed by atoms with Crippen molar-refractivity contribution in [2.24, 2.45) is 17.8 Å². The third-order valence-corrected chi connectivity index (χ3v) is 6.05. The van der Waals surface area contributed by atoms with Gasteiger partial charge in [0, 0.05) is 43.9 Å². The Kier molecular flexibility index (Phi) is 6.90. The van der Waals surface area contributed by atoms with E-state index in [1.54, 1.807) is 6.07 Å². The largest absolute Gasteiger partial charge is 0.396 e. The Balaban J connectivity index is 0.000000174. The summed E-state index contributed by atoms with van der Waals surface area (Å²) in [5, 5.41) is 14.0. The van der Waals surface area contributed by atoms with Gasteiger partial charge in [-0.05, 0) is 55.3 Å². The van der Waals surface area contributed by atoms with Gasteiger partial charge in [0.15, 0.2) is 0 Å². The van der Waals surface area contributed by atoms with Crippen LogP contribution < -0.4 is 10.6 Å². The molecular weight excluding hydrogens is 376 g/mol. The summed E-state index contributed by atoms with van der Waals surface area (Å²) >= 11 is 0. The van der Waals surface area contributed by atoms with Crippen LogP contribution in [0, 0.1) is 17.8 Å². The third-order valence-electron chi connectivity index (χ3n) is 6.05. The van der Waals surface area contributed by atoms with Crippen LogP contribution in [-0.2, 0) is 10.7 Å². The highest BCUT2D eigenvalue weighted by molar-refractivity contribution is 5.92. The number of aliphatic hydroxyl groups excluding tert-OH is 1. The number of halogens is 2. The van der Waals surface area contributed by atoms with Gasteiger partial charge in [-0.25, -0.2) is 8.78 Å². The fourth-order valence-electron chi connectivity index (χ4n) is 4.12. The number of carbonyl (C=O) groups excluding carboxylic acids is 1. The van der Waals surface area contributed by atoms with Gasteiger partial charge in [-0.2, -0.15) is 0 Å². The summed E-state index contributed by atoms with van der Waals surface area (Å²) in [5.74, 6) is -0.468. The highest BCUT2D eigenvalue weighted by atomic mass is 19.3. The number of nitrogens with one attached hydrogen (secondary N) is 2. The molecule has 0 radical (unpaired) electrons. The van der Waals surface area contributed by atoms with Gasteiger partial charge in [0.25, 0.3) is 5.92 Å². The van der Waals surface area contributed by atoms with Crippen LogP contribution in [0.15, 0.2) is 37.0 Å². The lowest BCUT2D eigenvalue weighted by Crippen LogP contribution is -2.45. The molecule has 1 heterocycles. The lowest BCUT2D eigenvalue weighted by Gasteiger charge is -2.41. The summed E-state index contributed by atoms with van der Waals surface area (Å²) in [6, 6.07) is 6.45. The molecule has 3 aliphatic rings. The van der Waals surface area contributed by atoms with Crippen LogP contribution in [-0.4, -0.2) is 48.2 Å². The van der Waals surface area contributed by atoms with Gasteiger partial charge in [-0.3, -0.25) is 9.69 Å². The molecule has 0 aromatic heterocycles. The Hall–Kier alpha value is -1.99. The van der Waals surface area contributed by atoms with E-state index in [2.05, 4.69) is 22.1 Å². The molecule has 0 bridgehead atoms. The van der Waals surface area contributed by atoms with Crippen molar-refractivity contribution in [2.45, 2.75) is 38.2 Å². The maximum Gasteiger partial charge on any atom is 0.270 e. The number of alkyl halides is 2. The van der Waals surface area contributed by atoms with Crippen LogP contribution >= 0.6 is 0 Å². The number of carbonyl (C=O) groups is 1. The Bertz CT molecular complexity index is 706. The Morgan fingerprint density at radius 2 is 2.00 bits per heavy atom. The number of benzene rings is 1. The SMILES string of the molecule is C=CNCC(=O)Nc1cccc(C(C)(F)F)c1.OCC1CC(N2CC3CC3C2)C1. The maximum absolute atomic E-state index is 13.0. The molecule has 1 saturated heterocycles. The van der Waals surface area contributed by atoms with E-state index in [0.29, 0.717) is 18.2 Å². The van der Waals surface area contributed by atoms with Crippen molar-refractivity contribution in [3.8, 4) is 0 Å². The number of nitrogens with zero attached hydrogens (tertiary/aromatic N) is 1. The first-order valence-corrected chi connectivity index (χ1v) is 10.3. The van der Waals surface area contributed by atoms with Crippen LogP contribution in [0.25, 0.3) is 0 Å². The molecule has 3 fully saturated rings. The van der Waals surface area contributed by atoms with E-state index < -0.39 is 5.92 Å². The fourth-order valence-corrected chi connectivity index (χ4v) is 4.12. The van der Waals surface area contributed by atoms with Crippen molar-refractivity contribution < 1.29 is 18.7 Å². The first-order chi connectivity index (χ1) is 13.8. The zero-order chi connectivity index (χ0) is 21.0. The average Bonchev–Trinajstić information content (AvgIpc) is 3.25. The second-order valence-corrected chi connectivity index (χ2v) is 8.49. The molecule has 29 heavy (non-hydrogen) atoms. The number of likely N-dealkylation sites (tertiary alicyclic amines) is 1. The topological polar surface area (TPSA) is 64.6 Å². The monoisotopic (exact) mass is 407 g/mol. The lowest BCUT2D eigenvalue weighted by molar-refractivity contribution is -0.115. The Morgan fingerprint density at radius 3 is 2.59 bits per heavy atom. The normalized spacial score (nSPS) is 27.7. The van der Waals surface area contributed by atoms with E-state index in [0.717, 1.165) is 24.8 Å². The van der Waals surface area contributed by atoms with Gasteiger partial charge in [0.1, 0.15) is 0 Å². The summed E-state index contributed by atoms with van der Waals surface area (Å²) in [4.78, 5) is 14.0. The van der Waals surface area contributed by atoms with Crippen molar-refractivity contribution in [3.63, 3.8) is 0 Å². The number of anilines is 1. The van der Waals surface area contributed by atoms with Gasteiger partial charge < -0.3 is 15.7 Å². The summed E-state index contributed by atoms with van der Waals surface area (Å²) in [6.45, 7) is 7.41. The van der Waals surface area contributed by atoms with Crippen LogP contribution in [0.4, 0.5) is 14.5 Å². The quantitative estimate of drug-likeness (QED) is 0.650. The van der Waals surface area contributed by atoms with E-state index >= 15 is 0 Å². The minimum absolute atomic E-state index is 0.0518. The number of rotatable bonds is 7. The van der Waals surface area contributed by atoms with Crippen molar-refractivity contribution >= 4 is 11.6 Å². The fraction of sp³-hybridized carbons (Fsp3) is 0.591. The Labute approximate surface area is 171 Å². The molecule has 1 amide bonds. The highest BCUT2D eigenvalue weighted by Crippen LogP contribution is 2.48. The van der Waals surface area contributed by atoms with E-state index in [1.807, 2.05) is 0 Å². The highest BCUT2D eigenvalue weighted by Gasteiger charge is 2.48. The number of piperidine rings is 1. The molecule has 1 aromatic carbocycles. The predicted octanol–water partition coefficient (Wildman–Crippen LogP) is 3.18. The summed E-state index contributed by atoms with van der Waals surface area (Å²) in [7, 11) is 0. The van der Waals surface area contributed by atoms with Crippen molar-refractivity contribution in [1.82, 2.24) is 10.2 Å². The Morgan fingerprint density at radius 1 is 1.31 bits per heavy atom. The minimum atomic E-state index is -2.92. The second-order valence-electron chi connectivity index (χ2n) is 8.49. The van der Waals surface area contributed by atoms with E-state index in [1.165, 1.54) is 56.8 Å². The van der Waals surface area contributed by atoms with Crippen molar-refractivity contribution in [2.75, 3.05) is 31.6 Å². The van der Waals surface area contributed by atoms with Crippen molar-refractivity contribution in [1.29, 1.82) is 0 Å².